The summed E-state index contributed by atoms with van der Waals surface area (Å²) < 4.78 is 12.8. The number of imidazole rings is 2. The maximum atomic E-state index is 13.6. The van der Waals surface area contributed by atoms with Crippen LogP contribution < -0.4 is 16.4 Å². The number of morpholine rings is 1. The van der Waals surface area contributed by atoms with Crippen LogP contribution in [0, 0.1) is 13.8 Å². The number of aryl methyl sites for hydroxylation is 4. The van der Waals surface area contributed by atoms with Crippen LogP contribution in [0.2, 0.25) is 0 Å². The Bertz CT molecular complexity index is 2390. The molecule has 1 aliphatic rings. The minimum atomic E-state index is -0.572. The highest BCUT2D eigenvalue weighted by Gasteiger charge is 2.22. The van der Waals surface area contributed by atoms with E-state index >= 15 is 0 Å². The van der Waals surface area contributed by atoms with Crippen LogP contribution in [0.1, 0.15) is 62.1 Å². The van der Waals surface area contributed by atoms with Crippen LogP contribution >= 0.6 is 0 Å². The molecule has 5 heterocycles. The van der Waals surface area contributed by atoms with Crippen molar-refractivity contribution < 1.29 is 19.1 Å². The maximum Gasteiger partial charge on any atom is 0.276 e. The molecule has 1 fully saturated rings. The topological polar surface area (TPSA) is 185 Å². The number of carbonyl (C=O) groups is 3. The summed E-state index contributed by atoms with van der Waals surface area (Å²) in [6.07, 6.45) is 3.96. The number of benzene rings is 2. The van der Waals surface area contributed by atoms with Crippen LogP contribution in [0.25, 0.3) is 22.1 Å². The molecule has 7 rings (SSSR count). The van der Waals surface area contributed by atoms with Crippen molar-refractivity contribution >= 4 is 51.7 Å². The molecule has 0 bridgehead atoms. The van der Waals surface area contributed by atoms with E-state index in [1.807, 2.05) is 61.1 Å². The standard InChI is InChI=1S/C38H44N12O4/c1-5-49-31(20-24(3)44-49)35(52)42-37-41-29-22-26(34(39)51)12-13-30(29)47(37)14-7-8-15-48-33-27(23-46-16-18-54-19-17-46)10-9-11-28(33)40-38(48)43-36(53)32-21-25(4)45-50(32)6-2/h7-13,20-22H,5-6,14-19,23H2,1-4H3,(H2,39,51)(H,40,43,53)(H,41,42,52). The van der Waals surface area contributed by atoms with Gasteiger partial charge in [0.15, 0.2) is 0 Å². The fourth-order valence-electron chi connectivity index (χ4n) is 6.85. The quantitative estimate of drug-likeness (QED) is 0.147. The van der Waals surface area contributed by atoms with E-state index in [9.17, 15) is 14.4 Å². The number of rotatable bonds is 13. The van der Waals surface area contributed by atoms with Crippen molar-refractivity contribution in [3.05, 3.63) is 94.6 Å². The van der Waals surface area contributed by atoms with E-state index in [1.54, 1.807) is 39.7 Å². The Labute approximate surface area is 311 Å². The van der Waals surface area contributed by atoms with E-state index in [-0.39, 0.29) is 11.8 Å². The largest absolute Gasteiger partial charge is 0.379 e. The van der Waals surface area contributed by atoms with Gasteiger partial charge in [-0.05, 0) is 69.7 Å². The minimum Gasteiger partial charge on any atom is -0.379 e. The molecule has 2 aromatic carbocycles. The van der Waals surface area contributed by atoms with Gasteiger partial charge in [-0.25, -0.2) is 9.97 Å². The third kappa shape index (κ3) is 7.38. The van der Waals surface area contributed by atoms with Crippen molar-refractivity contribution in [1.29, 1.82) is 0 Å². The fourth-order valence-corrected chi connectivity index (χ4v) is 6.85. The van der Waals surface area contributed by atoms with Gasteiger partial charge >= 0.3 is 0 Å². The van der Waals surface area contributed by atoms with E-state index in [0.717, 1.165) is 41.1 Å². The maximum absolute atomic E-state index is 13.6. The Morgan fingerprint density at radius 1 is 0.796 bits per heavy atom. The van der Waals surface area contributed by atoms with Gasteiger partial charge in [0, 0.05) is 51.4 Å². The second kappa shape index (κ2) is 15.5. The molecule has 1 saturated heterocycles. The average Bonchev–Trinajstić information content (AvgIpc) is 3.92. The van der Waals surface area contributed by atoms with Gasteiger partial charge in [0.1, 0.15) is 11.4 Å². The van der Waals surface area contributed by atoms with Crippen molar-refractivity contribution in [2.45, 2.75) is 60.4 Å². The van der Waals surface area contributed by atoms with Crippen LogP contribution in [0.4, 0.5) is 11.9 Å². The van der Waals surface area contributed by atoms with Gasteiger partial charge in [-0.2, -0.15) is 10.2 Å². The minimum absolute atomic E-state index is 0.298. The number of hydrogen-bond donors (Lipinski definition) is 3. The molecule has 0 unspecified atom stereocenters. The van der Waals surface area contributed by atoms with E-state index in [1.165, 1.54) is 0 Å². The zero-order valence-electron chi connectivity index (χ0n) is 30.9. The number of hydrogen-bond acceptors (Lipinski definition) is 9. The lowest BCUT2D eigenvalue weighted by Crippen LogP contribution is -2.35. The van der Waals surface area contributed by atoms with E-state index in [0.29, 0.717) is 85.8 Å². The number of nitrogens with zero attached hydrogens (tertiary/aromatic N) is 9. The van der Waals surface area contributed by atoms with Gasteiger partial charge in [-0.1, -0.05) is 24.3 Å². The highest BCUT2D eigenvalue weighted by Crippen LogP contribution is 2.27. The number of nitrogens with one attached hydrogen (secondary N) is 2. The molecule has 16 heteroatoms. The van der Waals surface area contributed by atoms with Gasteiger partial charge in [-0.15, -0.1) is 0 Å². The molecule has 0 radical (unpaired) electrons. The predicted molar refractivity (Wildman–Crippen MR) is 204 cm³/mol. The van der Waals surface area contributed by atoms with Gasteiger partial charge in [0.05, 0.1) is 46.7 Å². The lowest BCUT2D eigenvalue weighted by molar-refractivity contribution is 0.0343. The second-order valence-electron chi connectivity index (χ2n) is 13.2. The number of amides is 3. The van der Waals surface area contributed by atoms with Gasteiger partial charge in [-0.3, -0.25) is 39.3 Å². The monoisotopic (exact) mass is 732 g/mol. The van der Waals surface area contributed by atoms with Crippen molar-refractivity contribution in [1.82, 2.24) is 43.6 Å². The third-order valence-electron chi connectivity index (χ3n) is 9.44. The molecule has 1 aliphatic heterocycles. The smallest absolute Gasteiger partial charge is 0.276 e. The molecule has 0 atom stereocenters. The average molecular weight is 733 g/mol. The Balaban J connectivity index is 1.22. The molecule has 0 spiro atoms. The number of fused-ring (bicyclic) bond motifs is 2. The zero-order chi connectivity index (χ0) is 37.9. The van der Waals surface area contributed by atoms with Crippen molar-refractivity contribution in [3.63, 3.8) is 0 Å². The highest BCUT2D eigenvalue weighted by molar-refractivity contribution is 6.04. The molecule has 0 saturated carbocycles. The molecule has 3 amide bonds. The van der Waals surface area contributed by atoms with E-state index in [2.05, 4.69) is 36.8 Å². The lowest BCUT2D eigenvalue weighted by Gasteiger charge is -2.27. The van der Waals surface area contributed by atoms with Gasteiger partial charge in [0.25, 0.3) is 11.8 Å². The molecule has 280 valence electrons. The zero-order valence-corrected chi connectivity index (χ0v) is 30.9. The molecule has 0 aliphatic carbocycles. The van der Waals surface area contributed by atoms with Crippen LogP contribution in [-0.2, 0) is 37.5 Å². The molecular weight excluding hydrogens is 688 g/mol. The SMILES string of the molecule is CCn1nc(C)cc1C(=O)Nc1nc2cc(C(N)=O)ccc2n1CC=CCn1c(NC(=O)c2cc(C)nn2CC)nc2cccc(CN3CCOCC3)c21. The van der Waals surface area contributed by atoms with Crippen LogP contribution in [0.15, 0.2) is 60.7 Å². The summed E-state index contributed by atoms with van der Waals surface area (Å²) in [5.41, 5.74) is 12.2. The second-order valence-corrected chi connectivity index (χ2v) is 13.2. The first kappa shape index (κ1) is 36.2. The normalized spacial score (nSPS) is 13.7. The number of para-hydroxylation sites is 1. The van der Waals surface area contributed by atoms with Crippen LogP contribution in [0.5, 0.6) is 0 Å². The van der Waals surface area contributed by atoms with E-state index < -0.39 is 5.91 Å². The third-order valence-corrected chi connectivity index (χ3v) is 9.44. The summed E-state index contributed by atoms with van der Waals surface area (Å²) in [7, 11) is 0. The molecule has 16 nitrogen and oxygen atoms in total. The number of nitrogens with two attached hydrogens (primary N) is 1. The predicted octanol–water partition coefficient (Wildman–Crippen LogP) is 4.13. The number of anilines is 2. The molecule has 4 aromatic heterocycles. The van der Waals surface area contributed by atoms with Crippen LogP contribution in [-0.4, -0.2) is 87.6 Å². The summed E-state index contributed by atoms with van der Waals surface area (Å²) in [4.78, 5) is 51.0. The Morgan fingerprint density at radius 3 is 2.00 bits per heavy atom. The molecular formula is C38H44N12O4. The highest BCUT2D eigenvalue weighted by atomic mass is 16.5. The van der Waals surface area contributed by atoms with Crippen molar-refractivity contribution in [3.8, 4) is 0 Å². The molecule has 54 heavy (non-hydrogen) atoms. The number of aromatic nitrogens is 8. The first-order valence-electron chi connectivity index (χ1n) is 18.1. The number of allylic oxidation sites excluding steroid dienone is 2. The summed E-state index contributed by atoms with van der Waals surface area (Å²) in [6.45, 7) is 13.1. The van der Waals surface area contributed by atoms with Crippen molar-refractivity contribution in [2.24, 2.45) is 5.73 Å². The van der Waals surface area contributed by atoms with E-state index in [4.69, 9.17) is 15.5 Å². The first-order valence-corrected chi connectivity index (χ1v) is 18.1. The number of carbonyl (C=O) groups excluding carboxylic acids is 3. The summed E-state index contributed by atoms with van der Waals surface area (Å²) in [5.74, 6) is -0.506. The molecule has 4 N–H and O–H groups in total. The summed E-state index contributed by atoms with van der Waals surface area (Å²) in [5, 5.41) is 14.9. The molecule has 6 aromatic rings. The first-order chi connectivity index (χ1) is 26.1. The van der Waals surface area contributed by atoms with Gasteiger partial charge in [0.2, 0.25) is 17.8 Å². The summed E-state index contributed by atoms with van der Waals surface area (Å²) >= 11 is 0. The van der Waals surface area contributed by atoms with Gasteiger partial charge < -0.3 is 19.6 Å². The Hall–Kier alpha value is -6.13. The summed E-state index contributed by atoms with van der Waals surface area (Å²) in [6, 6.07) is 14.6. The Morgan fingerprint density at radius 2 is 1.39 bits per heavy atom. The number of ether oxygens (including phenoxy) is 1. The van der Waals surface area contributed by atoms with Crippen molar-refractivity contribution in [2.75, 3.05) is 36.9 Å². The lowest BCUT2D eigenvalue weighted by atomic mass is 10.1. The number of primary amides is 1. The fraction of sp³-hybridized carbons (Fsp3) is 0.342. The van der Waals surface area contributed by atoms with Crippen LogP contribution in [0.3, 0.4) is 0 Å². The Kier molecular flexibility index (Phi) is 10.4.